The topological polar surface area (TPSA) is 69.7 Å². The number of carbonyl (C=O) groups excluding carboxylic acids is 1. The number of hydrogen-bond acceptors (Lipinski definition) is 4. The molecule has 1 amide bonds. The average molecular weight is 325 g/mol. The molecule has 0 atom stereocenters. The Morgan fingerprint density at radius 3 is 2.50 bits per heavy atom. The first-order valence-electron chi connectivity index (χ1n) is 7.32. The van der Waals surface area contributed by atoms with Crippen molar-refractivity contribution in [3.63, 3.8) is 0 Å². The summed E-state index contributed by atoms with van der Waals surface area (Å²) in [5, 5.41) is 0. The highest BCUT2D eigenvalue weighted by atomic mass is 32.2. The normalized spacial score (nSPS) is 17.4. The lowest BCUT2D eigenvalue weighted by Crippen LogP contribution is -2.43. The predicted molar refractivity (Wildman–Crippen MR) is 85.3 cm³/mol. The molecule has 0 aliphatic carbocycles. The second-order valence-corrected chi connectivity index (χ2v) is 7.64. The third-order valence-electron chi connectivity index (χ3n) is 3.84. The number of nitrogens with one attached hydrogen (secondary N) is 1. The van der Waals surface area contributed by atoms with Gasteiger partial charge in [-0.2, -0.15) is 0 Å². The summed E-state index contributed by atoms with van der Waals surface area (Å²) in [6.07, 6.45) is 1.60. The molecular weight excluding hydrogens is 302 g/mol. The number of sulfonamides is 1. The van der Waals surface area contributed by atoms with Gasteiger partial charge in [0.2, 0.25) is 10.0 Å². The van der Waals surface area contributed by atoms with Gasteiger partial charge in [0.15, 0.2) is 0 Å². The molecule has 1 aliphatic heterocycles. The standard InChI is InChI=1S/C15H23N3O3S/c1-17(2)15(19)12-5-4-6-14(11-12)22(20,21)16-13-7-9-18(3)10-8-13/h4-6,11,13,16H,7-10H2,1-3H3. The summed E-state index contributed by atoms with van der Waals surface area (Å²) in [5.74, 6) is -0.212. The molecule has 1 aliphatic rings. The van der Waals surface area contributed by atoms with Gasteiger partial charge in [0.05, 0.1) is 4.90 Å². The molecular formula is C15H23N3O3S. The Morgan fingerprint density at radius 1 is 1.27 bits per heavy atom. The van der Waals surface area contributed by atoms with Crippen LogP contribution in [0.1, 0.15) is 23.2 Å². The van der Waals surface area contributed by atoms with Crippen LogP contribution >= 0.6 is 0 Å². The molecule has 0 spiro atoms. The van der Waals surface area contributed by atoms with E-state index >= 15 is 0 Å². The van der Waals surface area contributed by atoms with Gasteiger partial charge in [-0.3, -0.25) is 4.79 Å². The van der Waals surface area contributed by atoms with E-state index in [-0.39, 0.29) is 16.8 Å². The van der Waals surface area contributed by atoms with Crippen LogP contribution in [-0.4, -0.2) is 64.4 Å². The minimum atomic E-state index is -3.60. The van der Waals surface area contributed by atoms with E-state index in [2.05, 4.69) is 9.62 Å². The predicted octanol–water partition coefficient (Wildman–Crippen LogP) is 0.761. The van der Waals surface area contributed by atoms with Crippen LogP contribution in [0.4, 0.5) is 0 Å². The number of amides is 1. The van der Waals surface area contributed by atoms with Crippen molar-refractivity contribution in [3.05, 3.63) is 29.8 Å². The number of hydrogen-bond donors (Lipinski definition) is 1. The minimum absolute atomic E-state index is 0.0468. The highest BCUT2D eigenvalue weighted by molar-refractivity contribution is 7.89. The van der Waals surface area contributed by atoms with Crippen molar-refractivity contribution in [1.82, 2.24) is 14.5 Å². The van der Waals surface area contributed by atoms with Crippen LogP contribution < -0.4 is 4.72 Å². The lowest BCUT2D eigenvalue weighted by Gasteiger charge is -2.29. The molecule has 0 radical (unpaired) electrons. The maximum Gasteiger partial charge on any atom is 0.253 e. The van der Waals surface area contributed by atoms with Crippen LogP contribution in [0.5, 0.6) is 0 Å². The third-order valence-corrected chi connectivity index (χ3v) is 5.36. The van der Waals surface area contributed by atoms with Crippen molar-refractivity contribution in [2.75, 3.05) is 34.2 Å². The summed E-state index contributed by atoms with van der Waals surface area (Å²) in [6.45, 7) is 1.76. The molecule has 0 unspecified atom stereocenters. The Balaban J connectivity index is 2.15. The molecule has 1 aromatic carbocycles. The van der Waals surface area contributed by atoms with E-state index in [1.54, 1.807) is 26.2 Å². The molecule has 0 bridgehead atoms. The zero-order chi connectivity index (χ0) is 16.3. The van der Waals surface area contributed by atoms with Gasteiger partial charge in [-0.1, -0.05) is 6.07 Å². The van der Waals surface area contributed by atoms with Crippen LogP contribution in [-0.2, 0) is 10.0 Å². The van der Waals surface area contributed by atoms with E-state index < -0.39 is 10.0 Å². The summed E-state index contributed by atoms with van der Waals surface area (Å²) >= 11 is 0. The molecule has 1 fully saturated rings. The van der Waals surface area contributed by atoms with Crippen molar-refractivity contribution in [3.8, 4) is 0 Å². The van der Waals surface area contributed by atoms with E-state index in [1.165, 1.54) is 17.0 Å². The van der Waals surface area contributed by atoms with Gasteiger partial charge < -0.3 is 9.80 Å². The molecule has 1 N–H and O–H groups in total. The van der Waals surface area contributed by atoms with E-state index in [0.717, 1.165) is 25.9 Å². The van der Waals surface area contributed by atoms with E-state index in [0.29, 0.717) is 5.56 Å². The van der Waals surface area contributed by atoms with Gasteiger partial charge in [0.1, 0.15) is 0 Å². The number of benzene rings is 1. The lowest BCUT2D eigenvalue weighted by atomic mass is 10.1. The van der Waals surface area contributed by atoms with Gasteiger partial charge in [-0.15, -0.1) is 0 Å². The SMILES string of the molecule is CN1CCC(NS(=O)(=O)c2cccc(C(=O)N(C)C)c2)CC1. The van der Waals surface area contributed by atoms with Crippen molar-refractivity contribution in [2.24, 2.45) is 0 Å². The van der Waals surface area contributed by atoms with Crippen LogP contribution in [0.2, 0.25) is 0 Å². The average Bonchev–Trinajstić information content (AvgIpc) is 2.48. The van der Waals surface area contributed by atoms with Gasteiger partial charge in [-0.25, -0.2) is 13.1 Å². The molecule has 122 valence electrons. The number of piperidine rings is 1. The molecule has 1 heterocycles. The smallest absolute Gasteiger partial charge is 0.253 e. The largest absolute Gasteiger partial charge is 0.345 e. The maximum absolute atomic E-state index is 12.5. The number of likely N-dealkylation sites (tertiary alicyclic amines) is 1. The molecule has 0 saturated carbocycles. The molecule has 0 aromatic heterocycles. The van der Waals surface area contributed by atoms with Crippen LogP contribution in [0.15, 0.2) is 29.2 Å². The van der Waals surface area contributed by atoms with Crippen molar-refractivity contribution in [2.45, 2.75) is 23.8 Å². The lowest BCUT2D eigenvalue weighted by molar-refractivity contribution is 0.0827. The van der Waals surface area contributed by atoms with E-state index in [4.69, 9.17) is 0 Å². The summed E-state index contributed by atoms with van der Waals surface area (Å²) in [6, 6.07) is 6.12. The second kappa shape index (κ2) is 6.76. The molecule has 6 nitrogen and oxygen atoms in total. The molecule has 1 saturated heterocycles. The Kier molecular flexibility index (Phi) is 5.20. The fourth-order valence-electron chi connectivity index (χ4n) is 2.47. The zero-order valence-corrected chi connectivity index (χ0v) is 14.1. The maximum atomic E-state index is 12.5. The molecule has 2 rings (SSSR count). The van der Waals surface area contributed by atoms with Crippen molar-refractivity contribution < 1.29 is 13.2 Å². The van der Waals surface area contributed by atoms with E-state index in [1.807, 2.05) is 7.05 Å². The fourth-order valence-corrected chi connectivity index (χ4v) is 3.82. The first-order chi connectivity index (χ1) is 10.3. The summed E-state index contributed by atoms with van der Waals surface area (Å²) in [5.41, 5.74) is 0.372. The summed E-state index contributed by atoms with van der Waals surface area (Å²) in [4.78, 5) is 15.7. The Labute approximate surface area is 132 Å². The van der Waals surface area contributed by atoms with E-state index in [9.17, 15) is 13.2 Å². The highest BCUT2D eigenvalue weighted by Crippen LogP contribution is 2.16. The van der Waals surface area contributed by atoms with Crippen molar-refractivity contribution >= 4 is 15.9 Å². The van der Waals surface area contributed by atoms with Gasteiger partial charge >= 0.3 is 0 Å². The van der Waals surface area contributed by atoms with Gasteiger partial charge in [-0.05, 0) is 51.2 Å². The summed E-state index contributed by atoms with van der Waals surface area (Å²) < 4.78 is 27.7. The van der Waals surface area contributed by atoms with Gasteiger partial charge in [0.25, 0.3) is 5.91 Å². The second-order valence-electron chi connectivity index (χ2n) is 5.93. The minimum Gasteiger partial charge on any atom is -0.345 e. The zero-order valence-electron chi connectivity index (χ0n) is 13.2. The monoisotopic (exact) mass is 325 g/mol. The quantitative estimate of drug-likeness (QED) is 0.887. The first-order valence-corrected chi connectivity index (χ1v) is 8.80. The van der Waals surface area contributed by atoms with Crippen molar-refractivity contribution in [1.29, 1.82) is 0 Å². The molecule has 1 aromatic rings. The van der Waals surface area contributed by atoms with Crippen LogP contribution in [0.25, 0.3) is 0 Å². The highest BCUT2D eigenvalue weighted by Gasteiger charge is 2.24. The number of carbonyl (C=O) groups is 1. The molecule has 22 heavy (non-hydrogen) atoms. The number of rotatable bonds is 4. The Bertz CT molecular complexity index is 635. The Morgan fingerprint density at radius 2 is 1.91 bits per heavy atom. The third kappa shape index (κ3) is 4.06. The first kappa shape index (κ1) is 16.9. The molecule has 7 heteroatoms. The van der Waals surface area contributed by atoms with Crippen LogP contribution in [0.3, 0.4) is 0 Å². The fraction of sp³-hybridized carbons (Fsp3) is 0.533. The summed E-state index contributed by atoms with van der Waals surface area (Å²) in [7, 11) is 1.71. The van der Waals surface area contributed by atoms with Crippen LogP contribution in [0, 0.1) is 0 Å². The number of nitrogens with zero attached hydrogens (tertiary/aromatic N) is 2. The Hall–Kier alpha value is -1.44. The van der Waals surface area contributed by atoms with Gasteiger partial charge in [0, 0.05) is 25.7 Å².